The van der Waals surface area contributed by atoms with E-state index in [-0.39, 0.29) is 12.1 Å². The molecule has 3 nitrogen and oxygen atoms in total. The summed E-state index contributed by atoms with van der Waals surface area (Å²) in [6.45, 7) is 2.67. The van der Waals surface area contributed by atoms with Gasteiger partial charge in [-0.15, -0.1) is 11.3 Å². The van der Waals surface area contributed by atoms with Crippen molar-refractivity contribution in [2.24, 2.45) is 4.99 Å². The van der Waals surface area contributed by atoms with Gasteiger partial charge in [0.15, 0.2) is 5.50 Å². The molecule has 1 aromatic heterocycles. The maximum Gasteiger partial charge on any atom is 0.174 e. The summed E-state index contributed by atoms with van der Waals surface area (Å²) in [6.07, 6.45) is 1.07. The number of aliphatic imine (C=N–C) groups is 1. The Kier molecular flexibility index (Phi) is 4.03. The smallest absolute Gasteiger partial charge is 0.174 e. The van der Waals surface area contributed by atoms with E-state index in [0.29, 0.717) is 0 Å². The van der Waals surface area contributed by atoms with Crippen LogP contribution in [0.25, 0.3) is 0 Å². The van der Waals surface area contributed by atoms with Crippen LogP contribution in [0.1, 0.15) is 16.7 Å². The molecule has 0 spiro atoms. The maximum atomic E-state index is 12.2. The molecule has 0 fully saturated rings. The number of aryl methyl sites for hydroxylation is 1. The first-order chi connectivity index (χ1) is 11.3. The van der Waals surface area contributed by atoms with Crippen LogP contribution in [0.5, 0.6) is 5.75 Å². The average molecular weight is 348 g/mol. The van der Waals surface area contributed by atoms with Gasteiger partial charge in [-0.3, -0.25) is 4.99 Å². The minimum absolute atomic E-state index is 0.108. The molecule has 4 rings (SSSR count). The van der Waals surface area contributed by atoms with Gasteiger partial charge in [0, 0.05) is 9.77 Å². The fourth-order valence-corrected chi connectivity index (χ4v) is 4.97. The molecular formula is C17H17FN2OS2. The van der Waals surface area contributed by atoms with Crippen molar-refractivity contribution in [1.82, 2.24) is 0 Å². The Bertz CT molecular complexity index is 759. The topological polar surface area (TPSA) is 24.8 Å². The molecule has 2 aliphatic heterocycles. The Hall–Kier alpha value is -1.53. The quantitative estimate of drug-likeness (QED) is 0.803. The third-order valence-electron chi connectivity index (χ3n) is 3.97. The van der Waals surface area contributed by atoms with E-state index < -0.39 is 6.67 Å². The highest BCUT2D eigenvalue weighted by atomic mass is 32.2. The second-order valence-corrected chi connectivity index (χ2v) is 7.70. The molecule has 1 aromatic carbocycles. The highest BCUT2D eigenvalue weighted by Crippen LogP contribution is 2.47. The molecule has 2 aromatic rings. The first-order valence-electron chi connectivity index (χ1n) is 7.70. The van der Waals surface area contributed by atoms with Gasteiger partial charge in [-0.05, 0) is 36.8 Å². The SMILES string of the molecule is CCc1ccc(C2=NC3Sc4cc(OCCF)ccc4N3C2)s1. The van der Waals surface area contributed by atoms with Crippen LogP contribution < -0.4 is 9.64 Å². The van der Waals surface area contributed by atoms with Gasteiger partial charge in [0.05, 0.1) is 22.8 Å². The van der Waals surface area contributed by atoms with E-state index in [1.165, 1.54) is 21.2 Å². The van der Waals surface area contributed by atoms with E-state index in [4.69, 9.17) is 9.73 Å². The third-order valence-corrected chi connectivity index (χ3v) is 6.40. The van der Waals surface area contributed by atoms with Crippen molar-refractivity contribution < 1.29 is 9.13 Å². The fraction of sp³-hybridized carbons (Fsp3) is 0.353. The summed E-state index contributed by atoms with van der Waals surface area (Å²) in [5.74, 6) is 0.727. The molecule has 0 radical (unpaired) electrons. The number of halogens is 1. The molecular weight excluding hydrogens is 331 g/mol. The van der Waals surface area contributed by atoms with Gasteiger partial charge in [0.25, 0.3) is 0 Å². The number of anilines is 1. The van der Waals surface area contributed by atoms with Gasteiger partial charge in [0.1, 0.15) is 19.0 Å². The molecule has 1 unspecified atom stereocenters. The molecule has 0 bridgehead atoms. The van der Waals surface area contributed by atoms with Crippen LogP contribution >= 0.6 is 23.1 Å². The highest BCUT2D eigenvalue weighted by Gasteiger charge is 2.36. The molecule has 0 saturated heterocycles. The van der Waals surface area contributed by atoms with Crippen LogP contribution in [0.2, 0.25) is 0 Å². The Morgan fingerprint density at radius 3 is 3.04 bits per heavy atom. The summed E-state index contributed by atoms with van der Waals surface area (Å²) in [4.78, 5) is 11.0. The maximum absolute atomic E-state index is 12.2. The molecule has 120 valence electrons. The molecule has 6 heteroatoms. The lowest BCUT2D eigenvalue weighted by molar-refractivity contribution is 0.273. The number of hydrogen-bond donors (Lipinski definition) is 0. The lowest BCUT2D eigenvalue weighted by Crippen LogP contribution is -2.25. The number of nitrogens with zero attached hydrogens (tertiary/aromatic N) is 2. The van der Waals surface area contributed by atoms with Gasteiger partial charge in [-0.1, -0.05) is 18.7 Å². The number of rotatable bonds is 5. The summed E-state index contributed by atoms with van der Waals surface area (Å²) >= 11 is 3.57. The van der Waals surface area contributed by atoms with Crippen molar-refractivity contribution in [3.63, 3.8) is 0 Å². The second-order valence-electron chi connectivity index (χ2n) is 5.43. The molecule has 0 aliphatic carbocycles. The summed E-state index contributed by atoms with van der Waals surface area (Å²) < 4.78 is 17.6. The number of thioether (sulfide) groups is 1. The standard InChI is InChI=1S/C17H17FN2OS2/c1-2-12-4-6-15(22-12)13-10-20-14-5-3-11(21-8-7-18)9-16(14)23-17(20)19-13/h3-6,9,17H,2,7-8,10H2,1H3. The predicted octanol–water partition coefficient (Wildman–Crippen LogP) is 4.36. The van der Waals surface area contributed by atoms with Crippen LogP contribution in [-0.2, 0) is 6.42 Å². The zero-order chi connectivity index (χ0) is 15.8. The first-order valence-corrected chi connectivity index (χ1v) is 9.40. The first kappa shape index (κ1) is 15.0. The van der Waals surface area contributed by atoms with Crippen LogP contribution in [0, 0.1) is 0 Å². The summed E-state index contributed by atoms with van der Waals surface area (Å²) in [5, 5.41) is 0. The average Bonchev–Trinajstić information content (AvgIpc) is 3.25. The second kappa shape index (κ2) is 6.17. The largest absolute Gasteiger partial charge is 0.491 e. The fourth-order valence-electron chi connectivity index (χ4n) is 2.83. The molecule has 3 heterocycles. The van der Waals surface area contributed by atoms with Crippen molar-refractivity contribution >= 4 is 34.5 Å². The molecule has 0 amide bonds. The van der Waals surface area contributed by atoms with Crippen LogP contribution in [0.15, 0.2) is 40.2 Å². The van der Waals surface area contributed by atoms with E-state index >= 15 is 0 Å². The van der Waals surface area contributed by atoms with Crippen molar-refractivity contribution in [2.75, 3.05) is 24.7 Å². The lowest BCUT2D eigenvalue weighted by Gasteiger charge is -2.16. The molecule has 1 atom stereocenters. The van der Waals surface area contributed by atoms with Gasteiger partial charge in [-0.2, -0.15) is 0 Å². The Balaban J connectivity index is 1.53. The Morgan fingerprint density at radius 2 is 2.26 bits per heavy atom. The van der Waals surface area contributed by atoms with Gasteiger partial charge >= 0.3 is 0 Å². The van der Waals surface area contributed by atoms with E-state index in [1.54, 1.807) is 11.8 Å². The van der Waals surface area contributed by atoms with Crippen LogP contribution in [0.3, 0.4) is 0 Å². The Labute approximate surface area is 143 Å². The molecule has 2 aliphatic rings. The van der Waals surface area contributed by atoms with E-state index in [1.807, 2.05) is 23.5 Å². The zero-order valence-electron chi connectivity index (χ0n) is 12.8. The lowest BCUT2D eigenvalue weighted by atomic mass is 10.2. The van der Waals surface area contributed by atoms with E-state index in [9.17, 15) is 4.39 Å². The minimum atomic E-state index is -0.465. The summed E-state index contributed by atoms with van der Waals surface area (Å²) in [5.41, 5.74) is 2.48. The van der Waals surface area contributed by atoms with Crippen molar-refractivity contribution in [3.05, 3.63) is 40.1 Å². The number of fused-ring (bicyclic) bond motifs is 3. The third kappa shape index (κ3) is 2.74. The summed E-state index contributed by atoms with van der Waals surface area (Å²) in [7, 11) is 0. The molecule has 23 heavy (non-hydrogen) atoms. The summed E-state index contributed by atoms with van der Waals surface area (Å²) in [6, 6.07) is 10.3. The number of hydrogen-bond acceptors (Lipinski definition) is 5. The van der Waals surface area contributed by atoms with E-state index in [0.717, 1.165) is 23.6 Å². The normalized spacial score (nSPS) is 18.8. The zero-order valence-corrected chi connectivity index (χ0v) is 14.4. The van der Waals surface area contributed by atoms with Gasteiger partial charge in [0.2, 0.25) is 0 Å². The van der Waals surface area contributed by atoms with Crippen LogP contribution in [-0.4, -0.2) is 31.0 Å². The van der Waals surface area contributed by atoms with Gasteiger partial charge < -0.3 is 9.64 Å². The highest BCUT2D eigenvalue weighted by molar-refractivity contribution is 8.00. The van der Waals surface area contributed by atoms with Crippen molar-refractivity contribution in [1.29, 1.82) is 0 Å². The monoisotopic (exact) mass is 348 g/mol. The van der Waals surface area contributed by atoms with Crippen LogP contribution in [0.4, 0.5) is 10.1 Å². The predicted molar refractivity (Wildman–Crippen MR) is 95.1 cm³/mol. The van der Waals surface area contributed by atoms with Gasteiger partial charge in [-0.25, -0.2) is 4.39 Å². The molecule has 0 N–H and O–H groups in total. The minimum Gasteiger partial charge on any atom is -0.491 e. The van der Waals surface area contributed by atoms with Crippen molar-refractivity contribution in [3.8, 4) is 5.75 Å². The Morgan fingerprint density at radius 1 is 1.35 bits per heavy atom. The van der Waals surface area contributed by atoms with E-state index in [2.05, 4.69) is 30.0 Å². The number of benzene rings is 1. The number of ether oxygens (including phenoxy) is 1. The van der Waals surface area contributed by atoms with Crippen molar-refractivity contribution in [2.45, 2.75) is 23.7 Å². The molecule has 0 saturated carbocycles. The number of thiophene rings is 1. The number of alkyl halides is 1.